The zero-order valence-electron chi connectivity index (χ0n) is 15.4. The Bertz CT molecular complexity index is 724. The molecule has 1 atom stereocenters. The number of benzene rings is 1. The Balaban J connectivity index is 1.62. The highest BCUT2D eigenvalue weighted by atomic mass is 19.1. The third-order valence-corrected chi connectivity index (χ3v) is 4.93. The van der Waals surface area contributed by atoms with Crippen LogP contribution in [0.25, 0.3) is 0 Å². The number of hydrogen-bond acceptors (Lipinski definition) is 3. The number of aromatic nitrogens is 2. The number of amides is 2. The average molecular weight is 359 g/mol. The molecule has 0 aliphatic carbocycles. The maximum Gasteiger partial charge on any atom is 0.317 e. The minimum absolute atomic E-state index is 0.0589. The quantitative estimate of drug-likeness (QED) is 0.862. The molecule has 1 aliphatic rings. The third kappa shape index (κ3) is 4.40. The van der Waals surface area contributed by atoms with Gasteiger partial charge in [0.1, 0.15) is 11.6 Å². The fourth-order valence-corrected chi connectivity index (χ4v) is 3.35. The fourth-order valence-electron chi connectivity index (χ4n) is 3.35. The second-order valence-electron chi connectivity index (χ2n) is 6.81. The van der Waals surface area contributed by atoms with E-state index in [-0.39, 0.29) is 17.9 Å². The van der Waals surface area contributed by atoms with Crippen molar-refractivity contribution in [2.24, 2.45) is 7.05 Å². The molecule has 7 heteroatoms. The van der Waals surface area contributed by atoms with E-state index in [1.165, 1.54) is 12.1 Å². The predicted molar refractivity (Wildman–Crippen MR) is 98.0 cm³/mol. The number of likely N-dealkylation sites (tertiary alicyclic amines) is 1. The lowest BCUT2D eigenvalue weighted by molar-refractivity contribution is 0.194. The summed E-state index contributed by atoms with van der Waals surface area (Å²) in [5, 5.41) is 3.02. The normalized spacial score (nSPS) is 15.8. The number of urea groups is 1. The summed E-state index contributed by atoms with van der Waals surface area (Å²) < 4.78 is 15.2. The Hall–Kier alpha value is -2.41. The topological polar surface area (TPSA) is 53.4 Å². The van der Waals surface area contributed by atoms with Crippen LogP contribution in [0.2, 0.25) is 0 Å². The van der Waals surface area contributed by atoms with E-state index < -0.39 is 0 Å². The van der Waals surface area contributed by atoms with Crippen molar-refractivity contribution in [1.29, 1.82) is 0 Å². The van der Waals surface area contributed by atoms with E-state index >= 15 is 0 Å². The average Bonchev–Trinajstić information content (AvgIpc) is 3.29. The highest BCUT2D eigenvalue weighted by Crippen LogP contribution is 2.24. The van der Waals surface area contributed by atoms with Crippen LogP contribution >= 0.6 is 0 Å². The Morgan fingerprint density at radius 1 is 1.31 bits per heavy atom. The van der Waals surface area contributed by atoms with Crippen molar-refractivity contribution in [3.8, 4) is 0 Å². The van der Waals surface area contributed by atoms with Gasteiger partial charge < -0.3 is 14.8 Å². The van der Waals surface area contributed by atoms with Crippen molar-refractivity contribution in [3.05, 3.63) is 53.9 Å². The number of imidazole rings is 1. The van der Waals surface area contributed by atoms with Crippen molar-refractivity contribution in [3.63, 3.8) is 0 Å². The van der Waals surface area contributed by atoms with Gasteiger partial charge in [-0.15, -0.1) is 0 Å². The second kappa shape index (κ2) is 8.31. The van der Waals surface area contributed by atoms with E-state index in [2.05, 4.69) is 15.2 Å². The zero-order chi connectivity index (χ0) is 18.5. The Morgan fingerprint density at radius 3 is 2.62 bits per heavy atom. The molecule has 0 bridgehead atoms. The summed E-state index contributed by atoms with van der Waals surface area (Å²) in [7, 11) is 3.67. The SMILES string of the molecule is CN(Cc1nccn1C)C(=O)NC[C@@H](c1ccc(F)cc1)N1CCCC1. The minimum atomic E-state index is -0.243. The molecule has 2 aromatic rings. The predicted octanol–water partition coefficient (Wildman–Crippen LogP) is 2.54. The number of halogens is 1. The molecule has 3 rings (SSSR count). The lowest BCUT2D eigenvalue weighted by Crippen LogP contribution is -2.42. The van der Waals surface area contributed by atoms with Gasteiger partial charge in [0.2, 0.25) is 0 Å². The van der Waals surface area contributed by atoms with Gasteiger partial charge in [-0.3, -0.25) is 4.90 Å². The Kier molecular flexibility index (Phi) is 5.88. The van der Waals surface area contributed by atoms with Gasteiger partial charge in [0.15, 0.2) is 0 Å². The van der Waals surface area contributed by atoms with E-state index in [1.807, 2.05) is 29.9 Å². The molecule has 1 saturated heterocycles. The summed E-state index contributed by atoms with van der Waals surface area (Å²) >= 11 is 0. The van der Waals surface area contributed by atoms with Crippen LogP contribution in [0.4, 0.5) is 9.18 Å². The molecule has 1 fully saturated rings. The van der Waals surface area contributed by atoms with Crippen LogP contribution < -0.4 is 5.32 Å². The molecule has 2 heterocycles. The molecule has 26 heavy (non-hydrogen) atoms. The number of nitrogens with one attached hydrogen (secondary N) is 1. The molecular formula is C19H26FN5O. The summed E-state index contributed by atoms with van der Waals surface area (Å²) in [6.45, 7) is 2.94. The standard InChI is InChI=1S/C19H26FN5O/c1-23-12-9-21-18(23)14-24(2)19(26)22-13-17(25-10-3-4-11-25)15-5-7-16(20)8-6-15/h5-9,12,17H,3-4,10-11,13-14H2,1-2H3,(H,22,26)/t17-/m0/s1. The van der Waals surface area contributed by atoms with Crippen LogP contribution in [0.5, 0.6) is 0 Å². The number of hydrogen-bond donors (Lipinski definition) is 1. The highest BCUT2D eigenvalue weighted by Gasteiger charge is 2.24. The lowest BCUT2D eigenvalue weighted by Gasteiger charge is -2.29. The van der Waals surface area contributed by atoms with Gasteiger partial charge in [-0.25, -0.2) is 14.2 Å². The fraction of sp³-hybridized carbons (Fsp3) is 0.474. The van der Waals surface area contributed by atoms with Crippen molar-refractivity contribution in [2.75, 3.05) is 26.7 Å². The van der Waals surface area contributed by atoms with E-state index in [0.29, 0.717) is 13.1 Å². The molecule has 0 spiro atoms. The number of carbonyl (C=O) groups excluding carboxylic acids is 1. The molecule has 1 aromatic heterocycles. The van der Waals surface area contributed by atoms with Crippen molar-refractivity contribution in [1.82, 2.24) is 24.7 Å². The van der Waals surface area contributed by atoms with Gasteiger partial charge in [-0.2, -0.15) is 0 Å². The van der Waals surface area contributed by atoms with Crippen molar-refractivity contribution < 1.29 is 9.18 Å². The zero-order valence-corrected chi connectivity index (χ0v) is 15.4. The summed E-state index contributed by atoms with van der Waals surface area (Å²) in [4.78, 5) is 20.7. The molecule has 1 aromatic carbocycles. The molecule has 6 nitrogen and oxygen atoms in total. The molecule has 2 amide bonds. The van der Waals surface area contributed by atoms with Gasteiger partial charge in [0, 0.05) is 33.0 Å². The van der Waals surface area contributed by atoms with Gasteiger partial charge >= 0.3 is 6.03 Å². The smallest absolute Gasteiger partial charge is 0.317 e. The Morgan fingerprint density at radius 2 is 2.00 bits per heavy atom. The first-order valence-electron chi connectivity index (χ1n) is 8.99. The van der Waals surface area contributed by atoms with Crippen LogP contribution in [-0.2, 0) is 13.6 Å². The maximum absolute atomic E-state index is 13.3. The first-order valence-corrected chi connectivity index (χ1v) is 8.99. The first-order chi connectivity index (χ1) is 12.5. The number of nitrogens with zero attached hydrogens (tertiary/aromatic N) is 4. The van der Waals surface area contributed by atoms with Crippen LogP contribution in [0.3, 0.4) is 0 Å². The number of rotatable bonds is 6. The lowest BCUT2D eigenvalue weighted by atomic mass is 10.1. The van der Waals surface area contributed by atoms with E-state index in [9.17, 15) is 9.18 Å². The summed E-state index contributed by atoms with van der Waals surface area (Å²) in [6.07, 6.45) is 5.90. The van der Waals surface area contributed by atoms with Crippen LogP contribution in [0.15, 0.2) is 36.7 Å². The van der Waals surface area contributed by atoms with E-state index in [4.69, 9.17) is 0 Å². The molecule has 0 radical (unpaired) electrons. The van der Waals surface area contributed by atoms with E-state index in [1.54, 1.807) is 18.1 Å². The summed E-state index contributed by atoms with van der Waals surface area (Å²) in [6, 6.07) is 6.49. The maximum atomic E-state index is 13.3. The molecule has 0 saturated carbocycles. The molecule has 0 unspecified atom stereocenters. The largest absolute Gasteiger partial charge is 0.337 e. The minimum Gasteiger partial charge on any atom is -0.337 e. The monoisotopic (exact) mass is 359 g/mol. The summed E-state index contributed by atoms with van der Waals surface area (Å²) in [5.41, 5.74) is 1.03. The van der Waals surface area contributed by atoms with Crippen molar-refractivity contribution in [2.45, 2.75) is 25.4 Å². The molecule has 1 N–H and O–H groups in total. The van der Waals surface area contributed by atoms with Gasteiger partial charge in [-0.1, -0.05) is 12.1 Å². The number of aryl methyl sites for hydroxylation is 1. The van der Waals surface area contributed by atoms with Gasteiger partial charge in [0.25, 0.3) is 0 Å². The van der Waals surface area contributed by atoms with Crippen molar-refractivity contribution >= 4 is 6.03 Å². The number of carbonyl (C=O) groups is 1. The van der Waals surface area contributed by atoms with Crippen LogP contribution in [0, 0.1) is 5.82 Å². The third-order valence-electron chi connectivity index (χ3n) is 4.93. The summed E-state index contributed by atoms with van der Waals surface area (Å²) in [5.74, 6) is 0.588. The van der Waals surface area contributed by atoms with Gasteiger partial charge in [-0.05, 0) is 43.6 Å². The molecular weight excluding hydrogens is 333 g/mol. The molecule has 140 valence electrons. The second-order valence-corrected chi connectivity index (χ2v) is 6.81. The highest BCUT2D eigenvalue weighted by molar-refractivity contribution is 5.73. The van der Waals surface area contributed by atoms with Crippen LogP contribution in [0.1, 0.15) is 30.3 Å². The van der Waals surface area contributed by atoms with E-state index in [0.717, 1.165) is 37.3 Å². The first kappa shape index (κ1) is 18.4. The molecule has 1 aliphatic heterocycles. The van der Waals surface area contributed by atoms with Crippen LogP contribution in [-0.4, -0.2) is 52.1 Å². The Labute approximate surface area is 153 Å². The van der Waals surface area contributed by atoms with Gasteiger partial charge in [0.05, 0.1) is 12.6 Å².